The van der Waals surface area contributed by atoms with Crippen LogP contribution in [0.2, 0.25) is 5.02 Å². The van der Waals surface area contributed by atoms with Crippen molar-refractivity contribution in [3.8, 4) is 11.3 Å². The van der Waals surface area contributed by atoms with E-state index in [1.807, 2.05) is 0 Å². The van der Waals surface area contributed by atoms with Gasteiger partial charge in [-0.25, -0.2) is 14.4 Å². The van der Waals surface area contributed by atoms with Gasteiger partial charge < -0.3 is 10.4 Å². The Hall–Kier alpha value is -2.31. The van der Waals surface area contributed by atoms with Crippen molar-refractivity contribution >= 4 is 28.5 Å². The number of aromatic nitrogens is 3. The third-order valence-corrected chi connectivity index (χ3v) is 5.00. The van der Waals surface area contributed by atoms with Gasteiger partial charge in [0.2, 0.25) is 5.95 Å². The number of aliphatic hydroxyl groups is 1. The molecule has 1 fully saturated rings. The summed E-state index contributed by atoms with van der Waals surface area (Å²) < 4.78 is 14.4. The molecule has 5 nitrogen and oxygen atoms in total. The molecule has 1 aliphatic rings. The summed E-state index contributed by atoms with van der Waals surface area (Å²) in [4.78, 5) is 12.7. The molecule has 1 saturated carbocycles. The van der Waals surface area contributed by atoms with E-state index in [2.05, 4.69) is 20.3 Å². The van der Waals surface area contributed by atoms with E-state index in [4.69, 9.17) is 11.6 Å². The number of hydrogen-bond acceptors (Lipinski definition) is 5. The number of benzene rings is 1. The first-order valence-corrected chi connectivity index (χ1v) is 9.01. The Bertz CT molecular complexity index is 952. The topological polar surface area (TPSA) is 70.9 Å². The second-order valence-corrected chi connectivity index (χ2v) is 6.93. The van der Waals surface area contributed by atoms with Crippen LogP contribution >= 0.6 is 11.6 Å². The number of hydrogen-bond donors (Lipinski definition) is 2. The summed E-state index contributed by atoms with van der Waals surface area (Å²) in [6.07, 6.45) is 6.33. The fourth-order valence-electron chi connectivity index (χ4n) is 3.37. The molecule has 0 aliphatic heterocycles. The number of pyridine rings is 1. The lowest BCUT2D eigenvalue weighted by molar-refractivity contribution is 0.116. The molecule has 3 aromatic rings. The van der Waals surface area contributed by atoms with Gasteiger partial charge in [0.25, 0.3) is 0 Å². The molecule has 26 heavy (non-hydrogen) atoms. The molecule has 2 heterocycles. The molecule has 2 atom stereocenters. The van der Waals surface area contributed by atoms with Gasteiger partial charge in [0, 0.05) is 17.1 Å². The first kappa shape index (κ1) is 17.1. The molecule has 1 aliphatic carbocycles. The lowest BCUT2D eigenvalue weighted by Gasteiger charge is -2.28. The Balaban J connectivity index is 1.70. The van der Waals surface area contributed by atoms with Crippen molar-refractivity contribution in [1.29, 1.82) is 0 Å². The quantitative estimate of drug-likeness (QED) is 0.721. The van der Waals surface area contributed by atoms with Crippen LogP contribution in [-0.2, 0) is 0 Å². The summed E-state index contributed by atoms with van der Waals surface area (Å²) in [5.74, 6) is -0.0490. The summed E-state index contributed by atoms with van der Waals surface area (Å²) >= 11 is 6.27. The summed E-state index contributed by atoms with van der Waals surface area (Å²) in [6.45, 7) is 0. The van der Waals surface area contributed by atoms with Gasteiger partial charge >= 0.3 is 0 Å². The minimum absolute atomic E-state index is 0.0877. The van der Waals surface area contributed by atoms with Crippen molar-refractivity contribution in [1.82, 2.24) is 15.0 Å². The lowest BCUT2D eigenvalue weighted by Crippen LogP contribution is -2.36. The van der Waals surface area contributed by atoms with E-state index in [0.717, 1.165) is 25.7 Å². The third-order valence-electron chi connectivity index (χ3n) is 4.72. The Kier molecular flexibility index (Phi) is 4.70. The van der Waals surface area contributed by atoms with Crippen LogP contribution in [0.5, 0.6) is 0 Å². The highest BCUT2D eigenvalue weighted by molar-refractivity contribution is 6.33. The average molecular weight is 373 g/mol. The molecule has 1 aromatic carbocycles. The SMILES string of the molecule is O[C@@H]1CCCC[C@@H]1Nc1ncc(Cl)c(-c2cc(F)c3ncccc3c2)n1. The molecule has 0 radical (unpaired) electrons. The van der Waals surface area contributed by atoms with E-state index in [0.29, 0.717) is 33.1 Å². The van der Waals surface area contributed by atoms with Crippen LogP contribution in [0.3, 0.4) is 0 Å². The number of aliphatic hydroxyl groups excluding tert-OH is 1. The van der Waals surface area contributed by atoms with Gasteiger partial charge in [0.1, 0.15) is 11.3 Å². The predicted octanol–water partition coefficient (Wildman–Crippen LogP) is 4.20. The molecule has 0 saturated heterocycles. The normalized spacial score (nSPS) is 20.3. The zero-order valence-corrected chi connectivity index (χ0v) is 14.7. The van der Waals surface area contributed by atoms with Gasteiger partial charge in [0.15, 0.2) is 0 Å². The van der Waals surface area contributed by atoms with Crippen LogP contribution in [0, 0.1) is 5.82 Å². The molecule has 0 spiro atoms. The van der Waals surface area contributed by atoms with Crippen LogP contribution < -0.4 is 5.32 Å². The fraction of sp³-hybridized carbons (Fsp3) is 0.316. The zero-order valence-electron chi connectivity index (χ0n) is 14.0. The highest BCUT2D eigenvalue weighted by Gasteiger charge is 2.24. The average Bonchev–Trinajstić information content (AvgIpc) is 2.65. The zero-order chi connectivity index (χ0) is 18.1. The molecule has 2 N–H and O–H groups in total. The van der Waals surface area contributed by atoms with Crippen LogP contribution in [-0.4, -0.2) is 32.2 Å². The second kappa shape index (κ2) is 7.13. The number of fused-ring (bicyclic) bond motifs is 1. The molecule has 0 amide bonds. The smallest absolute Gasteiger partial charge is 0.223 e. The van der Waals surface area contributed by atoms with E-state index in [1.54, 1.807) is 24.4 Å². The number of nitrogens with one attached hydrogen (secondary N) is 1. The molecule has 0 unspecified atom stereocenters. The van der Waals surface area contributed by atoms with E-state index < -0.39 is 11.9 Å². The van der Waals surface area contributed by atoms with Crippen LogP contribution in [0.4, 0.5) is 10.3 Å². The Morgan fingerprint density at radius 1 is 1.19 bits per heavy atom. The van der Waals surface area contributed by atoms with Crippen LogP contribution in [0.25, 0.3) is 22.2 Å². The minimum atomic E-state index is -0.426. The molecule has 0 bridgehead atoms. The predicted molar refractivity (Wildman–Crippen MR) is 99.6 cm³/mol. The maximum atomic E-state index is 14.4. The number of halogens is 2. The monoisotopic (exact) mass is 372 g/mol. The van der Waals surface area contributed by atoms with Gasteiger partial charge in [-0.2, -0.15) is 0 Å². The summed E-state index contributed by atoms with van der Waals surface area (Å²) in [6, 6.07) is 6.64. The molecule has 134 valence electrons. The summed E-state index contributed by atoms with van der Waals surface area (Å²) in [5, 5.41) is 14.3. The van der Waals surface area contributed by atoms with Crippen molar-refractivity contribution in [2.24, 2.45) is 0 Å². The van der Waals surface area contributed by atoms with Crippen molar-refractivity contribution in [2.75, 3.05) is 5.32 Å². The molecular weight excluding hydrogens is 355 g/mol. The van der Waals surface area contributed by atoms with E-state index in [9.17, 15) is 9.50 Å². The molecular formula is C19H18ClFN4O. The van der Waals surface area contributed by atoms with Crippen LogP contribution in [0.15, 0.2) is 36.7 Å². The van der Waals surface area contributed by atoms with Gasteiger partial charge in [-0.15, -0.1) is 0 Å². The fourth-order valence-corrected chi connectivity index (χ4v) is 3.57. The second-order valence-electron chi connectivity index (χ2n) is 6.53. The first-order valence-electron chi connectivity index (χ1n) is 8.63. The van der Waals surface area contributed by atoms with Crippen molar-refractivity contribution in [3.63, 3.8) is 0 Å². The summed E-state index contributed by atoms with van der Waals surface area (Å²) in [7, 11) is 0. The summed E-state index contributed by atoms with van der Waals surface area (Å²) in [5.41, 5.74) is 1.31. The van der Waals surface area contributed by atoms with Gasteiger partial charge in [-0.05, 0) is 31.0 Å². The number of nitrogens with zero attached hydrogens (tertiary/aromatic N) is 3. The van der Waals surface area contributed by atoms with Gasteiger partial charge in [0.05, 0.1) is 29.1 Å². The largest absolute Gasteiger partial charge is 0.391 e. The van der Waals surface area contributed by atoms with E-state index in [1.165, 1.54) is 12.3 Å². The Morgan fingerprint density at radius 2 is 2.04 bits per heavy atom. The molecule has 2 aromatic heterocycles. The van der Waals surface area contributed by atoms with Crippen molar-refractivity contribution in [2.45, 2.75) is 37.8 Å². The van der Waals surface area contributed by atoms with E-state index in [-0.39, 0.29) is 6.04 Å². The number of anilines is 1. The van der Waals surface area contributed by atoms with Crippen molar-refractivity contribution in [3.05, 3.63) is 47.5 Å². The van der Waals surface area contributed by atoms with Gasteiger partial charge in [-0.3, -0.25) is 4.98 Å². The highest BCUT2D eigenvalue weighted by atomic mass is 35.5. The third kappa shape index (κ3) is 3.34. The number of rotatable bonds is 3. The maximum Gasteiger partial charge on any atom is 0.223 e. The Morgan fingerprint density at radius 3 is 2.88 bits per heavy atom. The lowest BCUT2D eigenvalue weighted by atomic mass is 9.93. The first-order chi connectivity index (χ1) is 12.6. The molecule has 7 heteroatoms. The van der Waals surface area contributed by atoms with Crippen molar-refractivity contribution < 1.29 is 9.50 Å². The van der Waals surface area contributed by atoms with Crippen LogP contribution in [0.1, 0.15) is 25.7 Å². The molecule has 4 rings (SSSR count). The minimum Gasteiger partial charge on any atom is -0.391 e. The van der Waals surface area contributed by atoms with Gasteiger partial charge in [-0.1, -0.05) is 30.5 Å². The maximum absolute atomic E-state index is 14.4. The standard InChI is InChI=1S/C19H18ClFN4O/c20-13-10-23-19(24-15-5-1-2-6-16(15)26)25-17(13)12-8-11-4-3-7-22-18(11)14(21)9-12/h3-4,7-10,15-16,26H,1-2,5-6H2,(H,23,24,25)/t15-,16+/m0/s1. The Labute approximate surface area is 155 Å². The van der Waals surface area contributed by atoms with E-state index >= 15 is 0 Å². The highest BCUT2D eigenvalue weighted by Crippen LogP contribution is 2.30.